The lowest BCUT2D eigenvalue weighted by Crippen LogP contribution is -2.48. The molecular weight excluding hydrogens is 390 g/mol. The van der Waals surface area contributed by atoms with Crippen molar-refractivity contribution >= 4 is 5.91 Å². The number of hydrogen-bond acceptors (Lipinski definition) is 4. The van der Waals surface area contributed by atoms with Gasteiger partial charge in [0.15, 0.2) is 0 Å². The number of ether oxygens (including phenoxy) is 2. The van der Waals surface area contributed by atoms with Gasteiger partial charge in [0.2, 0.25) is 0 Å². The molecule has 1 aromatic heterocycles. The van der Waals surface area contributed by atoms with Crippen molar-refractivity contribution in [3.05, 3.63) is 71.5 Å². The molecule has 1 amide bonds. The number of imidazole rings is 1. The zero-order valence-electron chi connectivity index (χ0n) is 18.0. The number of nitrogens with zero attached hydrogens (tertiary/aromatic N) is 3. The van der Waals surface area contributed by atoms with Gasteiger partial charge >= 0.3 is 0 Å². The first-order valence-electron chi connectivity index (χ1n) is 10.8. The van der Waals surface area contributed by atoms with E-state index < -0.39 is 0 Å². The van der Waals surface area contributed by atoms with E-state index in [9.17, 15) is 4.79 Å². The van der Waals surface area contributed by atoms with Gasteiger partial charge in [0, 0.05) is 25.7 Å². The third-order valence-corrected chi connectivity index (χ3v) is 6.65. The van der Waals surface area contributed by atoms with Gasteiger partial charge in [-0.15, -0.1) is 0 Å². The number of fused-ring (bicyclic) bond motifs is 2. The lowest BCUT2D eigenvalue weighted by molar-refractivity contribution is -0.0936. The Kier molecular flexibility index (Phi) is 5.02. The van der Waals surface area contributed by atoms with Gasteiger partial charge in [-0.25, -0.2) is 4.98 Å². The summed E-state index contributed by atoms with van der Waals surface area (Å²) in [6.45, 7) is 2.03. The van der Waals surface area contributed by atoms with Crippen LogP contribution < -0.4 is 4.74 Å². The molecule has 0 N–H and O–H groups in total. The van der Waals surface area contributed by atoms with Gasteiger partial charge in [0.1, 0.15) is 17.3 Å². The van der Waals surface area contributed by atoms with Crippen molar-refractivity contribution in [3.63, 3.8) is 0 Å². The van der Waals surface area contributed by atoms with Gasteiger partial charge in [-0.05, 0) is 42.5 Å². The van der Waals surface area contributed by atoms with Crippen LogP contribution in [0, 0.1) is 0 Å². The van der Waals surface area contributed by atoms with Crippen molar-refractivity contribution in [3.8, 4) is 17.1 Å². The van der Waals surface area contributed by atoms with E-state index in [1.54, 1.807) is 13.3 Å². The first-order valence-corrected chi connectivity index (χ1v) is 10.8. The Morgan fingerprint density at radius 2 is 1.90 bits per heavy atom. The van der Waals surface area contributed by atoms with Gasteiger partial charge in [0.05, 0.1) is 25.5 Å². The van der Waals surface area contributed by atoms with Crippen molar-refractivity contribution in [2.45, 2.75) is 24.9 Å². The van der Waals surface area contributed by atoms with Crippen LogP contribution in [0.5, 0.6) is 5.75 Å². The van der Waals surface area contributed by atoms with E-state index in [0.29, 0.717) is 25.4 Å². The van der Waals surface area contributed by atoms with E-state index in [-0.39, 0.29) is 11.5 Å². The fourth-order valence-electron chi connectivity index (χ4n) is 4.89. The zero-order chi connectivity index (χ0) is 21.4. The lowest BCUT2D eigenvalue weighted by Gasteiger charge is -2.45. The van der Waals surface area contributed by atoms with Crippen LogP contribution in [0.2, 0.25) is 0 Å². The molecule has 2 aromatic carbocycles. The molecule has 5 rings (SSSR count). The molecule has 6 heteroatoms. The Balaban J connectivity index is 1.34. The fraction of sp³-hybridized carbons (Fsp3) is 0.360. The number of benzene rings is 2. The Morgan fingerprint density at radius 3 is 2.65 bits per heavy atom. The smallest absolute Gasteiger partial charge is 0.272 e. The Bertz CT molecular complexity index is 1100. The summed E-state index contributed by atoms with van der Waals surface area (Å²) in [5, 5.41) is 0. The minimum Gasteiger partial charge on any atom is -0.497 e. The molecule has 0 radical (unpaired) electrons. The van der Waals surface area contributed by atoms with Gasteiger partial charge in [-0.1, -0.05) is 36.4 Å². The first-order chi connectivity index (χ1) is 15.1. The van der Waals surface area contributed by atoms with E-state index >= 15 is 0 Å². The average molecular weight is 418 g/mol. The maximum Gasteiger partial charge on any atom is 0.272 e. The van der Waals surface area contributed by atoms with Crippen molar-refractivity contribution in [2.24, 2.45) is 7.05 Å². The Hall–Kier alpha value is -3.12. The monoisotopic (exact) mass is 417 g/mol. The van der Waals surface area contributed by atoms with Crippen LogP contribution in [-0.2, 0) is 23.8 Å². The van der Waals surface area contributed by atoms with E-state index in [4.69, 9.17) is 9.47 Å². The molecule has 0 saturated carbocycles. The fourth-order valence-corrected chi connectivity index (χ4v) is 4.89. The minimum absolute atomic E-state index is 0.0257. The summed E-state index contributed by atoms with van der Waals surface area (Å²) < 4.78 is 13.6. The predicted molar refractivity (Wildman–Crippen MR) is 118 cm³/mol. The normalized spacial score (nSPS) is 17.4. The van der Waals surface area contributed by atoms with Crippen molar-refractivity contribution in [1.29, 1.82) is 0 Å². The molecule has 2 aliphatic rings. The van der Waals surface area contributed by atoms with Crippen LogP contribution in [0.4, 0.5) is 0 Å². The summed E-state index contributed by atoms with van der Waals surface area (Å²) in [5.41, 5.74) is 3.86. The highest BCUT2D eigenvalue weighted by atomic mass is 16.5. The molecule has 0 aliphatic carbocycles. The molecule has 3 aromatic rings. The highest BCUT2D eigenvalue weighted by Crippen LogP contribution is 2.42. The third kappa shape index (κ3) is 3.41. The van der Waals surface area contributed by atoms with Crippen LogP contribution in [0.15, 0.2) is 54.7 Å². The molecule has 1 fully saturated rings. The lowest BCUT2D eigenvalue weighted by atomic mass is 9.79. The largest absolute Gasteiger partial charge is 0.497 e. The molecule has 3 heterocycles. The molecule has 1 saturated heterocycles. The van der Waals surface area contributed by atoms with Crippen LogP contribution in [-0.4, -0.2) is 47.2 Å². The number of methoxy groups -OCH3 is 1. The van der Waals surface area contributed by atoms with Crippen LogP contribution in [0.1, 0.15) is 34.5 Å². The summed E-state index contributed by atoms with van der Waals surface area (Å²) in [6, 6.07) is 16.2. The van der Waals surface area contributed by atoms with Gasteiger partial charge < -0.3 is 18.9 Å². The van der Waals surface area contributed by atoms with Crippen LogP contribution >= 0.6 is 0 Å². The highest BCUT2D eigenvalue weighted by molar-refractivity contribution is 5.93. The predicted octanol–water partition coefficient (Wildman–Crippen LogP) is 3.80. The maximum absolute atomic E-state index is 13.3. The summed E-state index contributed by atoms with van der Waals surface area (Å²) in [7, 11) is 3.60. The molecule has 0 unspecified atom stereocenters. The van der Waals surface area contributed by atoms with E-state index in [1.165, 1.54) is 11.1 Å². The van der Waals surface area contributed by atoms with Crippen molar-refractivity contribution in [1.82, 2.24) is 14.5 Å². The number of amides is 1. The summed E-state index contributed by atoms with van der Waals surface area (Å²) in [4.78, 5) is 19.7. The molecule has 31 heavy (non-hydrogen) atoms. The average Bonchev–Trinajstić information content (AvgIpc) is 3.21. The zero-order valence-corrected chi connectivity index (χ0v) is 18.0. The molecule has 0 bridgehead atoms. The maximum atomic E-state index is 13.3. The number of rotatable bonds is 3. The second kappa shape index (κ2) is 7.85. The molecule has 0 atom stereocenters. The SMILES string of the molecule is COc1ccc2c(c1)CCOC21CCN(C(=O)c2cnc(-c3ccccc3)n2C)CC1. The van der Waals surface area contributed by atoms with Crippen molar-refractivity contribution < 1.29 is 14.3 Å². The third-order valence-electron chi connectivity index (χ3n) is 6.65. The van der Waals surface area contributed by atoms with Gasteiger partial charge in [-0.3, -0.25) is 4.79 Å². The number of hydrogen-bond donors (Lipinski definition) is 0. The highest BCUT2D eigenvalue weighted by Gasteiger charge is 2.42. The van der Waals surface area contributed by atoms with Gasteiger partial charge in [-0.2, -0.15) is 0 Å². The molecule has 1 spiro atoms. The van der Waals surface area contributed by atoms with Crippen molar-refractivity contribution in [2.75, 3.05) is 26.8 Å². The number of aromatic nitrogens is 2. The number of carbonyl (C=O) groups excluding carboxylic acids is 1. The van der Waals surface area contributed by atoms with E-state index in [0.717, 1.165) is 36.4 Å². The molecule has 6 nitrogen and oxygen atoms in total. The topological polar surface area (TPSA) is 56.6 Å². The molecule has 160 valence electrons. The quantitative estimate of drug-likeness (QED) is 0.651. The number of carbonyl (C=O) groups is 1. The van der Waals surface area contributed by atoms with Gasteiger partial charge in [0.25, 0.3) is 5.91 Å². The standard InChI is InChI=1S/C25H27N3O3/c1-27-22(17-26-23(27)18-6-4-3-5-7-18)24(29)28-13-11-25(12-14-28)21-9-8-20(30-2)16-19(21)10-15-31-25/h3-9,16-17H,10-15H2,1-2H3. The number of piperidine rings is 1. The Morgan fingerprint density at radius 1 is 1.13 bits per heavy atom. The summed E-state index contributed by atoms with van der Waals surface area (Å²) in [5.74, 6) is 1.71. The first kappa shape index (κ1) is 19.8. The molecular formula is C25H27N3O3. The van der Waals surface area contributed by atoms with Crippen LogP contribution in [0.25, 0.3) is 11.4 Å². The number of likely N-dealkylation sites (tertiary alicyclic amines) is 1. The van der Waals surface area contributed by atoms with Crippen LogP contribution in [0.3, 0.4) is 0 Å². The second-order valence-corrected chi connectivity index (χ2v) is 8.30. The van der Waals surface area contributed by atoms with E-state index in [1.807, 2.05) is 52.9 Å². The summed E-state index contributed by atoms with van der Waals surface area (Å²) >= 11 is 0. The second-order valence-electron chi connectivity index (χ2n) is 8.30. The minimum atomic E-state index is -0.307. The Labute approximate surface area is 182 Å². The molecule has 2 aliphatic heterocycles. The summed E-state index contributed by atoms with van der Waals surface area (Å²) in [6.07, 6.45) is 4.17. The van der Waals surface area contributed by atoms with E-state index in [2.05, 4.69) is 17.1 Å².